The van der Waals surface area contributed by atoms with Crippen LogP contribution in [0.2, 0.25) is 0 Å². The lowest BCUT2D eigenvalue weighted by atomic mass is 9.96. The summed E-state index contributed by atoms with van der Waals surface area (Å²) in [6, 6.07) is 24.7. The van der Waals surface area contributed by atoms with Crippen molar-refractivity contribution in [3.05, 3.63) is 106 Å². The Morgan fingerprint density at radius 3 is 2.21 bits per heavy atom. The van der Waals surface area contributed by atoms with E-state index in [1.165, 1.54) is 11.1 Å². The summed E-state index contributed by atoms with van der Waals surface area (Å²) in [5, 5.41) is 8.82. The molecular formula is C23H21N5O. The predicted octanol–water partition coefficient (Wildman–Crippen LogP) is 3.24. The van der Waals surface area contributed by atoms with Gasteiger partial charge in [-0.15, -0.1) is 10.2 Å². The first-order valence-electron chi connectivity index (χ1n) is 9.75. The fraction of sp³-hybridized carbons (Fsp3) is 0.174. The first-order valence-corrected chi connectivity index (χ1v) is 9.75. The molecule has 0 bridgehead atoms. The average Bonchev–Trinajstić information content (AvgIpc) is 3.19. The lowest BCUT2D eigenvalue weighted by Crippen LogP contribution is -2.37. The number of aromatic amines is 1. The number of H-pyrrole nitrogens is 1. The Balaban J connectivity index is 1.50. The molecule has 0 saturated heterocycles. The van der Waals surface area contributed by atoms with Gasteiger partial charge in [0, 0.05) is 30.9 Å². The van der Waals surface area contributed by atoms with Crippen molar-refractivity contribution in [3.63, 3.8) is 0 Å². The molecule has 4 aromatic rings. The van der Waals surface area contributed by atoms with Gasteiger partial charge in [0.05, 0.1) is 12.6 Å². The van der Waals surface area contributed by atoms with Gasteiger partial charge in [-0.05, 0) is 17.2 Å². The minimum Gasteiger partial charge on any atom is -0.329 e. The Kier molecular flexibility index (Phi) is 4.54. The van der Waals surface area contributed by atoms with Crippen molar-refractivity contribution in [2.45, 2.75) is 19.1 Å². The van der Waals surface area contributed by atoms with Crippen LogP contribution in [0.3, 0.4) is 0 Å². The topological polar surface area (TPSA) is 66.8 Å². The molecule has 0 aliphatic carbocycles. The second-order valence-electron chi connectivity index (χ2n) is 7.23. The molecule has 0 radical (unpaired) electrons. The first-order chi connectivity index (χ1) is 14.3. The monoisotopic (exact) mass is 383 g/mol. The van der Waals surface area contributed by atoms with E-state index in [2.05, 4.69) is 73.2 Å². The first kappa shape index (κ1) is 17.6. The molecule has 0 amide bonds. The Bertz CT molecular complexity index is 1130. The van der Waals surface area contributed by atoms with Gasteiger partial charge in [0.1, 0.15) is 5.82 Å². The molecule has 0 atom stereocenters. The number of fused-ring (bicyclic) bond motifs is 1. The van der Waals surface area contributed by atoms with Crippen LogP contribution >= 0.6 is 0 Å². The van der Waals surface area contributed by atoms with E-state index >= 15 is 0 Å². The third-order valence-corrected chi connectivity index (χ3v) is 5.41. The van der Waals surface area contributed by atoms with E-state index in [0.717, 1.165) is 30.3 Å². The van der Waals surface area contributed by atoms with Crippen molar-refractivity contribution < 1.29 is 0 Å². The number of benzene rings is 2. The molecule has 0 fully saturated rings. The Morgan fingerprint density at radius 1 is 0.862 bits per heavy atom. The van der Waals surface area contributed by atoms with Crippen molar-refractivity contribution in [2.24, 2.45) is 0 Å². The summed E-state index contributed by atoms with van der Waals surface area (Å²) in [5.41, 5.74) is 3.19. The zero-order chi connectivity index (χ0) is 19.6. The van der Waals surface area contributed by atoms with Crippen LogP contribution in [-0.2, 0) is 13.1 Å². The van der Waals surface area contributed by atoms with Gasteiger partial charge >= 0.3 is 0 Å². The molecule has 0 unspecified atom stereocenters. The minimum atomic E-state index is -0.134. The number of hydrogen-bond donors (Lipinski definition) is 1. The normalized spacial score (nSPS) is 14.1. The maximum Gasteiger partial charge on any atom is 0.248 e. The summed E-state index contributed by atoms with van der Waals surface area (Å²) in [5.74, 6) is 1.67. The highest BCUT2D eigenvalue weighted by molar-refractivity contribution is 5.54. The lowest BCUT2D eigenvalue weighted by Gasteiger charge is -2.35. The summed E-state index contributed by atoms with van der Waals surface area (Å²) in [7, 11) is 0. The predicted molar refractivity (Wildman–Crippen MR) is 111 cm³/mol. The highest BCUT2D eigenvalue weighted by Gasteiger charge is 2.28. The molecule has 5 rings (SSSR count). The molecule has 29 heavy (non-hydrogen) atoms. The van der Waals surface area contributed by atoms with Crippen LogP contribution in [0.15, 0.2) is 83.8 Å². The number of rotatable bonds is 4. The van der Waals surface area contributed by atoms with E-state index < -0.39 is 0 Å². The fourth-order valence-corrected chi connectivity index (χ4v) is 4.08. The van der Waals surface area contributed by atoms with Crippen molar-refractivity contribution in [2.75, 3.05) is 6.54 Å². The number of hydrogen-bond acceptors (Lipinski definition) is 4. The van der Waals surface area contributed by atoms with Gasteiger partial charge in [0.15, 0.2) is 5.82 Å². The smallest absolute Gasteiger partial charge is 0.248 e. The maximum absolute atomic E-state index is 11.7. The van der Waals surface area contributed by atoms with Crippen molar-refractivity contribution in [1.82, 2.24) is 24.6 Å². The van der Waals surface area contributed by atoms with Gasteiger partial charge in [-0.3, -0.25) is 9.69 Å². The van der Waals surface area contributed by atoms with E-state index in [4.69, 9.17) is 0 Å². The third-order valence-electron chi connectivity index (χ3n) is 5.41. The molecule has 2 aromatic carbocycles. The molecule has 1 aliphatic heterocycles. The number of nitrogens with zero attached hydrogens (tertiary/aromatic N) is 4. The second-order valence-corrected chi connectivity index (χ2v) is 7.23. The van der Waals surface area contributed by atoms with Gasteiger partial charge in [-0.25, -0.2) is 0 Å². The Labute approximate surface area is 168 Å². The number of nitrogens with one attached hydrogen (secondary N) is 1. The van der Waals surface area contributed by atoms with E-state index in [0.29, 0.717) is 6.54 Å². The Hall–Kier alpha value is -3.51. The SMILES string of the molecule is O=c1cc(-c2nnc3n2CCN(C(c2ccccc2)c2ccccc2)C3)cc[nH]1. The summed E-state index contributed by atoms with van der Waals surface area (Å²) < 4.78 is 2.12. The van der Waals surface area contributed by atoms with Crippen LogP contribution in [-0.4, -0.2) is 31.2 Å². The minimum absolute atomic E-state index is 0.134. The van der Waals surface area contributed by atoms with Crippen LogP contribution in [0.4, 0.5) is 0 Å². The second kappa shape index (κ2) is 7.48. The highest BCUT2D eigenvalue weighted by atomic mass is 16.1. The van der Waals surface area contributed by atoms with Gasteiger partial charge in [-0.2, -0.15) is 0 Å². The highest BCUT2D eigenvalue weighted by Crippen LogP contribution is 2.32. The van der Waals surface area contributed by atoms with E-state index in [9.17, 15) is 4.79 Å². The summed E-state index contributed by atoms with van der Waals surface area (Å²) >= 11 is 0. The third kappa shape index (κ3) is 3.39. The molecule has 6 heteroatoms. The van der Waals surface area contributed by atoms with Gasteiger partial charge < -0.3 is 9.55 Å². The fourth-order valence-electron chi connectivity index (χ4n) is 4.08. The van der Waals surface area contributed by atoms with Gasteiger partial charge in [-0.1, -0.05) is 60.7 Å². The summed E-state index contributed by atoms with van der Waals surface area (Å²) in [6.45, 7) is 2.35. The largest absolute Gasteiger partial charge is 0.329 e. The van der Waals surface area contributed by atoms with Crippen LogP contribution in [0, 0.1) is 0 Å². The maximum atomic E-state index is 11.7. The quantitative estimate of drug-likeness (QED) is 0.588. The number of aromatic nitrogens is 4. The number of pyridine rings is 1. The average molecular weight is 383 g/mol. The molecule has 2 aromatic heterocycles. The zero-order valence-corrected chi connectivity index (χ0v) is 15.9. The van der Waals surface area contributed by atoms with Gasteiger partial charge in [0.25, 0.3) is 0 Å². The molecular weight excluding hydrogens is 362 g/mol. The lowest BCUT2D eigenvalue weighted by molar-refractivity contribution is 0.176. The van der Waals surface area contributed by atoms with E-state index in [-0.39, 0.29) is 11.6 Å². The van der Waals surface area contributed by atoms with Crippen molar-refractivity contribution in [3.8, 4) is 11.4 Å². The molecule has 1 N–H and O–H groups in total. The van der Waals surface area contributed by atoms with E-state index in [1.807, 2.05) is 18.2 Å². The van der Waals surface area contributed by atoms with Gasteiger partial charge in [0.2, 0.25) is 5.56 Å². The summed E-state index contributed by atoms with van der Waals surface area (Å²) in [4.78, 5) is 16.8. The molecule has 1 aliphatic rings. The Morgan fingerprint density at radius 2 is 1.55 bits per heavy atom. The standard InChI is InChI=1S/C23H21N5O/c29-21-15-19(11-12-24-21)23-26-25-20-16-27(13-14-28(20)23)22(17-7-3-1-4-8-17)18-9-5-2-6-10-18/h1-12,15,22H,13-14,16H2,(H,24,29). The molecule has 6 nitrogen and oxygen atoms in total. The van der Waals surface area contributed by atoms with Crippen LogP contribution in [0.25, 0.3) is 11.4 Å². The van der Waals surface area contributed by atoms with E-state index in [1.54, 1.807) is 12.3 Å². The molecule has 0 spiro atoms. The molecule has 0 saturated carbocycles. The zero-order valence-electron chi connectivity index (χ0n) is 15.9. The van der Waals surface area contributed by atoms with Crippen molar-refractivity contribution >= 4 is 0 Å². The van der Waals surface area contributed by atoms with Crippen LogP contribution < -0.4 is 5.56 Å². The molecule has 144 valence electrons. The van der Waals surface area contributed by atoms with Crippen LogP contribution in [0.5, 0.6) is 0 Å². The van der Waals surface area contributed by atoms with Crippen molar-refractivity contribution in [1.29, 1.82) is 0 Å². The summed E-state index contributed by atoms with van der Waals surface area (Å²) in [6.07, 6.45) is 1.65. The molecule has 3 heterocycles. The van der Waals surface area contributed by atoms with Crippen LogP contribution in [0.1, 0.15) is 23.0 Å².